The third kappa shape index (κ3) is 8.34. The molecule has 10 nitrogen and oxygen atoms in total. The van der Waals surface area contributed by atoms with Crippen molar-refractivity contribution in [2.75, 3.05) is 39.5 Å². The van der Waals surface area contributed by atoms with Gasteiger partial charge in [-0.3, -0.25) is 19.2 Å². The van der Waals surface area contributed by atoms with Crippen molar-refractivity contribution in [2.45, 2.75) is 64.0 Å². The van der Waals surface area contributed by atoms with Crippen molar-refractivity contribution in [3.63, 3.8) is 0 Å². The van der Waals surface area contributed by atoms with Gasteiger partial charge < -0.3 is 30.3 Å². The Bertz CT molecular complexity index is 1330. The summed E-state index contributed by atoms with van der Waals surface area (Å²) in [6.07, 6.45) is 1.13. The van der Waals surface area contributed by atoms with Crippen molar-refractivity contribution in [3.05, 3.63) is 65.5 Å². The lowest BCUT2D eigenvalue weighted by Crippen LogP contribution is -2.52. The SMILES string of the molecule is CCN1CC(=O)N[C@@H](C(C)C)COc2ccccc2C(=O)N[C@H](C(=O)NCC2(c3cccc(F)c3)CCOCC2)CCC1=O. The molecular weight excluding hydrogens is 567 g/mol. The van der Waals surface area contributed by atoms with Crippen LogP contribution < -0.4 is 20.7 Å². The van der Waals surface area contributed by atoms with E-state index in [0.717, 1.165) is 5.56 Å². The Kier molecular flexibility index (Phi) is 11.3. The summed E-state index contributed by atoms with van der Waals surface area (Å²) in [5.41, 5.74) is 0.455. The molecule has 0 aromatic heterocycles. The Morgan fingerprint density at radius 3 is 2.55 bits per heavy atom. The minimum atomic E-state index is -1.05. The Balaban J connectivity index is 1.59. The molecule has 4 rings (SSSR count). The number of nitrogens with one attached hydrogen (secondary N) is 3. The second kappa shape index (κ2) is 15.1. The summed E-state index contributed by atoms with van der Waals surface area (Å²) in [5, 5.41) is 8.76. The number of fused-ring (bicyclic) bond motifs is 1. The summed E-state index contributed by atoms with van der Waals surface area (Å²) < 4.78 is 25.8. The Morgan fingerprint density at radius 1 is 1.09 bits per heavy atom. The van der Waals surface area contributed by atoms with Crippen LogP contribution in [0.15, 0.2) is 48.5 Å². The fourth-order valence-corrected chi connectivity index (χ4v) is 5.62. The molecule has 0 unspecified atom stereocenters. The molecule has 0 bridgehead atoms. The van der Waals surface area contributed by atoms with Crippen LogP contribution in [0.5, 0.6) is 5.75 Å². The molecular formula is C33H43FN4O6. The van der Waals surface area contributed by atoms with Crippen LogP contribution in [0.2, 0.25) is 0 Å². The molecule has 4 amide bonds. The number of carbonyl (C=O) groups excluding carboxylic acids is 4. The minimum Gasteiger partial charge on any atom is -0.491 e. The highest BCUT2D eigenvalue weighted by molar-refractivity contribution is 5.99. The van der Waals surface area contributed by atoms with Crippen LogP contribution in [-0.2, 0) is 24.5 Å². The Hall–Kier alpha value is -3.99. The third-order valence-corrected chi connectivity index (χ3v) is 8.53. The maximum Gasteiger partial charge on any atom is 0.255 e. The molecule has 2 aliphatic rings. The first-order valence-corrected chi connectivity index (χ1v) is 15.3. The summed E-state index contributed by atoms with van der Waals surface area (Å²) in [6, 6.07) is 11.7. The molecule has 2 aromatic carbocycles. The lowest BCUT2D eigenvalue weighted by Gasteiger charge is -2.38. The van der Waals surface area contributed by atoms with Gasteiger partial charge in [-0.25, -0.2) is 4.39 Å². The van der Waals surface area contributed by atoms with Crippen molar-refractivity contribution < 1.29 is 33.0 Å². The topological polar surface area (TPSA) is 126 Å². The molecule has 0 radical (unpaired) electrons. The maximum absolute atomic E-state index is 14.2. The number of hydrogen-bond donors (Lipinski definition) is 3. The first-order chi connectivity index (χ1) is 21.1. The van der Waals surface area contributed by atoms with E-state index in [-0.39, 0.29) is 67.7 Å². The summed E-state index contributed by atoms with van der Waals surface area (Å²) in [5.74, 6) is -1.61. The normalized spacial score (nSPS) is 21.7. The second-order valence-corrected chi connectivity index (χ2v) is 11.8. The third-order valence-electron chi connectivity index (χ3n) is 8.53. The van der Waals surface area contributed by atoms with Gasteiger partial charge in [0, 0.05) is 38.1 Å². The Morgan fingerprint density at radius 2 is 1.84 bits per heavy atom. The van der Waals surface area contributed by atoms with E-state index < -0.39 is 23.3 Å². The number of rotatable bonds is 6. The maximum atomic E-state index is 14.2. The summed E-state index contributed by atoms with van der Waals surface area (Å²) >= 11 is 0. The van der Waals surface area contributed by atoms with Crippen LogP contribution in [0.1, 0.15) is 62.4 Å². The fraction of sp³-hybridized carbons (Fsp3) is 0.515. The first kappa shape index (κ1) is 32.9. The van der Waals surface area contributed by atoms with Crippen LogP contribution in [0.4, 0.5) is 4.39 Å². The molecule has 3 N–H and O–H groups in total. The number of carbonyl (C=O) groups is 4. The van der Waals surface area contributed by atoms with Gasteiger partial charge >= 0.3 is 0 Å². The number of nitrogens with zero attached hydrogens (tertiary/aromatic N) is 1. The molecule has 0 spiro atoms. The van der Waals surface area contributed by atoms with Crippen LogP contribution in [0, 0.1) is 11.7 Å². The quantitative estimate of drug-likeness (QED) is 0.462. The average Bonchev–Trinajstić information content (AvgIpc) is 3.02. The van der Waals surface area contributed by atoms with Gasteiger partial charge in [0.2, 0.25) is 17.7 Å². The fourth-order valence-electron chi connectivity index (χ4n) is 5.62. The van der Waals surface area contributed by atoms with Crippen molar-refractivity contribution in [3.8, 4) is 5.75 Å². The number of halogens is 1. The van der Waals surface area contributed by atoms with Gasteiger partial charge in [0.15, 0.2) is 0 Å². The molecule has 11 heteroatoms. The van der Waals surface area contributed by atoms with Gasteiger partial charge in [-0.2, -0.15) is 0 Å². The number of likely N-dealkylation sites (N-methyl/N-ethyl adjacent to an activating group) is 1. The van der Waals surface area contributed by atoms with Crippen molar-refractivity contribution in [1.29, 1.82) is 0 Å². The van der Waals surface area contributed by atoms with Crippen molar-refractivity contribution >= 4 is 23.6 Å². The summed E-state index contributed by atoms with van der Waals surface area (Å²) in [6.45, 7) is 7.12. The van der Waals surface area contributed by atoms with Crippen LogP contribution in [0.3, 0.4) is 0 Å². The highest BCUT2D eigenvalue weighted by atomic mass is 19.1. The molecule has 1 fully saturated rings. The summed E-state index contributed by atoms with van der Waals surface area (Å²) in [4.78, 5) is 54.8. The number of hydrogen-bond acceptors (Lipinski definition) is 6. The zero-order chi connectivity index (χ0) is 31.7. The van der Waals surface area contributed by atoms with E-state index in [2.05, 4.69) is 16.0 Å². The Labute approximate surface area is 258 Å². The van der Waals surface area contributed by atoms with Gasteiger partial charge in [0.25, 0.3) is 5.91 Å². The zero-order valence-corrected chi connectivity index (χ0v) is 25.7. The number of benzene rings is 2. The first-order valence-electron chi connectivity index (χ1n) is 15.3. The molecule has 238 valence electrons. The molecule has 2 aromatic rings. The van der Waals surface area contributed by atoms with Gasteiger partial charge in [0.05, 0.1) is 18.2 Å². The molecule has 2 atom stereocenters. The van der Waals surface area contributed by atoms with E-state index in [1.807, 2.05) is 19.9 Å². The van der Waals surface area contributed by atoms with E-state index in [1.54, 1.807) is 37.3 Å². The average molecular weight is 611 g/mol. The molecule has 0 aliphatic carbocycles. The highest BCUT2D eigenvalue weighted by Crippen LogP contribution is 2.34. The molecule has 44 heavy (non-hydrogen) atoms. The standard InChI is InChI=1S/C33H43FN4O6/c1-4-38-19-29(39)36-27(22(2)3)20-44-28-11-6-5-10-25(28)31(41)37-26(12-13-30(38)40)32(42)35-21-33(14-16-43-17-15-33)23-8-7-9-24(34)18-23/h5-11,18,22,26-27H,4,12-17,19-21H2,1-3H3,(H,35,42)(H,36,39)(H,37,41)/t26-,27+/m0/s1. The largest absolute Gasteiger partial charge is 0.491 e. The zero-order valence-electron chi connectivity index (χ0n) is 25.7. The van der Waals surface area contributed by atoms with Crippen molar-refractivity contribution in [2.24, 2.45) is 5.92 Å². The molecule has 1 saturated heterocycles. The van der Waals surface area contributed by atoms with Gasteiger partial charge in [-0.1, -0.05) is 38.1 Å². The van der Waals surface area contributed by atoms with Gasteiger partial charge in [-0.05, 0) is 61.9 Å². The predicted octanol–water partition coefficient (Wildman–Crippen LogP) is 2.95. The van der Waals surface area contributed by atoms with Crippen molar-refractivity contribution in [1.82, 2.24) is 20.9 Å². The van der Waals surface area contributed by atoms with E-state index in [4.69, 9.17) is 9.47 Å². The molecule has 2 heterocycles. The van der Waals surface area contributed by atoms with E-state index in [0.29, 0.717) is 38.3 Å². The van der Waals surface area contributed by atoms with Crippen LogP contribution >= 0.6 is 0 Å². The van der Waals surface area contributed by atoms with E-state index in [9.17, 15) is 23.6 Å². The number of amides is 4. The second-order valence-electron chi connectivity index (χ2n) is 11.8. The van der Waals surface area contributed by atoms with Crippen LogP contribution in [0.25, 0.3) is 0 Å². The van der Waals surface area contributed by atoms with E-state index in [1.165, 1.54) is 17.0 Å². The predicted molar refractivity (Wildman–Crippen MR) is 163 cm³/mol. The molecule has 0 saturated carbocycles. The number of para-hydroxylation sites is 1. The molecule has 2 aliphatic heterocycles. The van der Waals surface area contributed by atoms with E-state index >= 15 is 0 Å². The van der Waals surface area contributed by atoms with Crippen LogP contribution in [-0.4, -0.2) is 80.1 Å². The van der Waals surface area contributed by atoms with Gasteiger partial charge in [0.1, 0.15) is 24.2 Å². The highest BCUT2D eigenvalue weighted by Gasteiger charge is 2.36. The monoisotopic (exact) mass is 610 g/mol. The van der Waals surface area contributed by atoms with Gasteiger partial charge in [-0.15, -0.1) is 0 Å². The number of ether oxygens (including phenoxy) is 2. The smallest absolute Gasteiger partial charge is 0.255 e. The lowest BCUT2D eigenvalue weighted by atomic mass is 9.74. The minimum absolute atomic E-state index is 0.0161. The summed E-state index contributed by atoms with van der Waals surface area (Å²) in [7, 11) is 0. The lowest BCUT2D eigenvalue weighted by molar-refractivity contribution is -0.136.